The summed E-state index contributed by atoms with van der Waals surface area (Å²) < 4.78 is 7.55. The molecular formula is C24H28N2O4S. The van der Waals surface area contributed by atoms with Crippen LogP contribution in [0.25, 0.3) is 0 Å². The van der Waals surface area contributed by atoms with E-state index in [1.165, 1.54) is 0 Å². The topological polar surface area (TPSA) is 84.8 Å². The van der Waals surface area contributed by atoms with Crippen LogP contribution in [0.2, 0.25) is 0 Å². The minimum Gasteiger partial charge on any atom is -0.426 e. The SMILES string of the molecule is CC(C)(CC(=O)Oc1ccc(CCNCC2CCc3ccccc3C2=O)cc1)SN=O. The van der Waals surface area contributed by atoms with Gasteiger partial charge in [-0.15, -0.1) is 4.91 Å². The molecule has 0 radical (unpaired) electrons. The highest BCUT2D eigenvalue weighted by atomic mass is 32.2. The van der Waals surface area contributed by atoms with E-state index >= 15 is 0 Å². The van der Waals surface area contributed by atoms with Gasteiger partial charge in [-0.25, -0.2) is 0 Å². The standard InChI is InChI=1S/C24H28N2O4S/c1-24(2,31-26-29)15-22(27)30-20-11-7-17(8-12-20)13-14-25-16-19-10-9-18-5-3-4-6-21(18)23(19)28/h3-8,11-12,19,25H,9-10,13-16H2,1-2H3. The van der Waals surface area contributed by atoms with Gasteiger partial charge in [0.2, 0.25) is 0 Å². The molecule has 1 aliphatic carbocycles. The highest BCUT2D eigenvalue weighted by Gasteiger charge is 2.27. The smallest absolute Gasteiger partial charge is 0.312 e. The van der Waals surface area contributed by atoms with Crippen molar-refractivity contribution in [2.24, 2.45) is 10.5 Å². The molecule has 6 nitrogen and oxygen atoms in total. The summed E-state index contributed by atoms with van der Waals surface area (Å²) >= 11 is 0.834. The number of nitroso groups, excluding NO2 is 1. The molecule has 2 aromatic carbocycles. The van der Waals surface area contributed by atoms with Gasteiger partial charge in [0.1, 0.15) is 5.75 Å². The first-order valence-corrected chi connectivity index (χ1v) is 11.3. The lowest BCUT2D eigenvalue weighted by Crippen LogP contribution is -2.33. The van der Waals surface area contributed by atoms with Gasteiger partial charge in [-0.3, -0.25) is 9.59 Å². The number of nitrogens with zero attached hydrogens (tertiary/aromatic N) is 1. The molecule has 0 aliphatic heterocycles. The van der Waals surface area contributed by atoms with Crippen LogP contribution in [0.3, 0.4) is 0 Å². The number of rotatable bonds is 10. The Bertz CT molecular complexity index is 927. The van der Waals surface area contributed by atoms with Crippen LogP contribution < -0.4 is 10.1 Å². The van der Waals surface area contributed by atoms with Crippen molar-refractivity contribution in [3.8, 4) is 5.75 Å². The fraction of sp³-hybridized carbons (Fsp3) is 0.417. The average molecular weight is 441 g/mol. The second-order valence-electron chi connectivity index (χ2n) is 8.43. The van der Waals surface area contributed by atoms with Crippen LogP contribution in [-0.4, -0.2) is 29.6 Å². The third kappa shape index (κ3) is 6.74. The molecule has 1 atom stereocenters. The summed E-state index contributed by atoms with van der Waals surface area (Å²) in [5.41, 5.74) is 3.15. The van der Waals surface area contributed by atoms with Gasteiger partial charge in [0.25, 0.3) is 0 Å². The summed E-state index contributed by atoms with van der Waals surface area (Å²) in [6.07, 6.45) is 2.76. The summed E-state index contributed by atoms with van der Waals surface area (Å²) in [6, 6.07) is 15.3. The molecule has 0 amide bonds. The van der Waals surface area contributed by atoms with E-state index in [-0.39, 0.29) is 18.1 Å². The maximum atomic E-state index is 12.6. The maximum Gasteiger partial charge on any atom is 0.312 e. The Kier molecular flexibility index (Phi) is 7.98. The van der Waals surface area contributed by atoms with Gasteiger partial charge in [0.15, 0.2) is 5.78 Å². The highest BCUT2D eigenvalue weighted by Crippen LogP contribution is 2.29. The van der Waals surface area contributed by atoms with E-state index in [0.29, 0.717) is 12.3 Å². The van der Waals surface area contributed by atoms with Gasteiger partial charge >= 0.3 is 5.97 Å². The van der Waals surface area contributed by atoms with E-state index in [1.807, 2.05) is 36.4 Å². The lowest BCUT2D eigenvalue weighted by molar-refractivity contribution is -0.134. The predicted octanol–water partition coefficient (Wildman–Crippen LogP) is 4.75. The summed E-state index contributed by atoms with van der Waals surface area (Å²) in [5, 5.41) is 3.41. The second-order valence-corrected chi connectivity index (χ2v) is 9.87. The zero-order valence-corrected chi connectivity index (χ0v) is 18.7. The van der Waals surface area contributed by atoms with Crippen LogP contribution in [0.1, 0.15) is 48.2 Å². The number of fused-ring (bicyclic) bond motifs is 1. The Morgan fingerprint density at radius 3 is 2.68 bits per heavy atom. The molecule has 0 aromatic heterocycles. The third-order valence-corrected chi connectivity index (χ3v) is 6.12. The van der Waals surface area contributed by atoms with Gasteiger partial charge in [-0.2, -0.15) is 0 Å². The highest BCUT2D eigenvalue weighted by molar-refractivity contribution is 7.99. The average Bonchev–Trinajstić information content (AvgIpc) is 2.73. The Morgan fingerprint density at radius 2 is 1.94 bits per heavy atom. The van der Waals surface area contributed by atoms with Crippen LogP contribution in [0.5, 0.6) is 5.75 Å². The number of hydrogen-bond acceptors (Lipinski definition) is 7. The van der Waals surface area contributed by atoms with E-state index in [2.05, 4.69) is 9.90 Å². The van der Waals surface area contributed by atoms with E-state index in [1.54, 1.807) is 26.0 Å². The van der Waals surface area contributed by atoms with Gasteiger partial charge in [-0.1, -0.05) is 36.4 Å². The number of esters is 1. The summed E-state index contributed by atoms with van der Waals surface area (Å²) in [5.74, 6) is 0.363. The summed E-state index contributed by atoms with van der Waals surface area (Å²) in [4.78, 5) is 35.1. The number of benzene rings is 2. The molecule has 0 spiro atoms. The number of ether oxygens (including phenoxy) is 1. The Labute approximate surface area is 187 Å². The molecule has 1 N–H and O–H groups in total. The van der Waals surface area contributed by atoms with Crippen molar-refractivity contribution >= 4 is 23.7 Å². The van der Waals surface area contributed by atoms with Crippen LogP contribution >= 0.6 is 11.9 Å². The first-order chi connectivity index (χ1) is 14.9. The molecule has 0 heterocycles. The van der Waals surface area contributed by atoms with Crippen molar-refractivity contribution in [3.05, 3.63) is 70.1 Å². The third-order valence-electron chi connectivity index (χ3n) is 5.41. The molecule has 0 bridgehead atoms. The first-order valence-electron chi connectivity index (χ1n) is 10.5. The minimum absolute atomic E-state index is 0.0357. The number of carbonyl (C=O) groups is 2. The number of ketones is 1. The number of aryl methyl sites for hydroxylation is 1. The zero-order chi connectivity index (χ0) is 22.3. The molecule has 0 saturated heterocycles. The quantitative estimate of drug-likeness (QED) is 0.189. The van der Waals surface area contributed by atoms with Crippen LogP contribution in [0, 0.1) is 10.8 Å². The predicted molar refractivity (Wildman–Crippen MR) is 123 cm³/mol. The fourth-order valence-electron chi connectivity index (χ4n) is 3.74. The normalized spacial score (nSPS) is 15.9. The first kappa shape index (κ1) is 23.2. The van der Waals surface area contributed by atoms with Crippen molar-refractivity contribution in [1.29, 1.82) is 0 Å². The molecule has 0 saturated carbocycles. The fourth-order valence-corrected chi connectivity index (χ4v) is 4.12. The number of hydrogen-bond donors (Lipinski definition) is 1. The van der Waals surface area contributed by atoms with E-state index in [0.717, 1.165) is 54.4 Å². The van der Waals surface area contributed by atoms with E-state index < -0.39 is 10.7 Å². The van der Waals surface area contributed by atoms with Crippen molar-refractivity contribution in [1.82, 2.24) is 5.32 Å². The lowest BCUT2D eigenvalue weighted by Gasteiger charge is -2.23. The zero-order valence-electron chi connectivity index (χ0n) is 17.9. The molecule has 1 unspecified atom stereocenters. The van der Waals surface area contributed by atoms with Gasteiger partial charge in [0, 0.05) is 39.3 Å². The maximum absolute atomic E-state index is 12.6. The number of Topliss-reactive ketones (excluding diaryl/α,β-unsaturated/α-hetero) is 1. The molecule has 1 aliphatic rings. The Morgan fingerprint density at radius 1 is 1.19 bits per heavy atom. The van der Waals surface area contributed by atoms with Gasteiger partial charge in [-0.05, 0) is 62.9 Å². The summed E-state index contributed by atoms with van der Waals surface area (Å²) in [6.45, 7) is 5.01. The van der Waals surface area contributed by atoms with Crippen molar-refractivity contribution in [2.75, 3.05) is 13.1 Å². The lowest BCUT2D eigenvalue weighted by atomic mass is 9.83. The monoisotopic (exact) mass is 440 g/mol. The van der Waals surface area contributed by atoms with Crippen LogP contribution in [-0.2, 0) is 17.6 Å². The molecular weight excluding hydrogens is 412 g/mol. The van der Waals surface area contributed by atoms with E-state index in [9.17, 15) is 14.5 Å². The molecule has 3 rings (SSSR count). The summed E-state index contributed by atoms with van der Waals surface area (Å²) in [7, 11) is 0. The molecule has 7 heteroatoms. The Hall–Kier alpha value is -2.51. The largest absolute Gasteiger partial charge is 0.426 e. The van der Waals surface area contributed by atoms with E-state index in [4.69, 9.17) is 4.74 Å². The molecule has 2 aromatic rings. The van der Waals surface area contributed by atoms with Crippen molar-refractivity contribution in [3.63, 3.8) is 0 Å². The number of carbonyl (C=O) groups excluding carboxylic acids is 2. The van der Waals surface area contributed by atoms with Gasteiger partial charge < -0.3 is 10.1 Å². The van der Waals surface area contributed by atoms with Crippen LogP contribution in [0.4, 0.5) is 0 Å². The molecule has 164 valence electrons. The molecule has 0 fully saturated rings. The van der Waals surface area contributed by atoms with Crippen molar-refractivity contribution < 1.29 is 14.3 Å². The van der Waals surface area contributed by atoms with Gasteiger partial charge in [0.05, 0.1) is 6.42 Å². The van der Waals surface area contributed by atoms with Crippen LogP contribution in [0.15, 0.2) is 53.1 Å². The molecule has 31 heavy (non-hydrogen) atoms. The second kappa shape index (κ2) is 10.7. The Balaban J connectivity index is 1.40. The minimum atomic E-state index is -0.591. The van der Waals surface area contributed by atoms with Crippen molar-refractivity contribution in [2.45, 2.75) is 44.3 Å². The number of nitrogens with one attached hydrogen (secondary N) is 1.